The highest BCUT2D eigenvalue weighted by Gasteiger charge is 2.20. The Labute approximate surface area is 270 Å². The summed E-state index contributed by atoms with van der Waals surface area (Å²) >= 11 is 0. The Morgan fingerprint density at radius 2 is 0.884 bits per heavy atom. The van der Waals surface area contributed by atoms with Crippen molar-refractivity contribution in [1.82, 2.24) is 4.90 Å². The molecule has 0 bridgehead atoms. The van der Waals surface area contributed by atoms with Gasteiger partial charge < -0.3 is 15.1 Å². The number of unbranched alkanes of at least 4 members (excludes halogenated alkanes) is 25. The molecule has 4 heteroatoms. The van der Waals surface area contributed by atoms with E-state index in [0.29, 0.717) is 18.9 Å². The molecule has 0 aromatic heterocycles. The maximum atomic E-state index is 13.2. The Hall–Kier alpha value is -0.610. The predicted molar refractivity (Wildman–Crippen MR) is 189 cm³/mol. The molecule has 0 spiro atoms. The molecule has 1 amide bonds. The first kappa shape index (κ1) is 42.4. The van der Waals surface area contributed by atoms with Gasteiger partial charge in [-0.1, -0.05) is 194 Å². The standard InChI is InChI=1S/C39H79NO3/c1-4-7-9-11-13-15-17-19-21-23-25-27-29-31-33-40(35-38(42)36-41)39(43)34-37(6-3)32-30-28-26-24-22-20-18-16-14-12-10-8-5-2/h37-38,41-42H,4-36H2,1-3H3. The lowest BCUT2D eigenvalue weighted by molar-refractivity contribution is -0.134. The summed E-state index contributed by atoms with van der Waals surface area (Å²) in [5.41, 5.74) is 0. The van der Waals surface area contributed by atoms with Crippen molar-refractivity contribution >= 4 is 5.91 Å². The van der Waals surface area contributed by atoms with E-state index < -0.39 is 6.10 Å². The lowest BCUT2D eigenvalue weighted by atomic mass is 9.94. The molecule has 0 aromatic carbocycles. The second-order valence-corrected chi connectivity index (χ2v) is 13.8. The number of hydrogen-bond acceptors (Lipinski definition) is 3. The molecule has 0 saturated carbocycles. The minimum Gasteiger partial charge on any atom is -0.394 e. The van der Waals surface area contributed by atoms with Crippen LogP contribution in [-0.4, -0.2) is 46.8 Å². The monoisotopic (exact) mass is 610 g/mol. The van der Waals surface area contributed by atoms with Crippen molar-refractivity contribution < 1.29 is 15.0 Å². The molecule has 0 aliphatic carbocycles. The van der Waals surface area contributed by atoms with Crippen molar-refractivity contribution in [3.63, 3.8) is 0 Å². The zero-order chi connectivity index (χ0) is 31.6. The minimum atomic E-state index is -0.836. The third-order valence-corrected chi connectivity index (χ3v) is 9.53. The van der Waals surface area contributed by atoms with Crippen LogP contribution in [0.15, 0.2) is 0 Å². The molecule has 258 valence electrons. The van der Waals surface area contributed by atoms with Crippen molar-refractivity contribution in [1.29, 1.82) is 0 Å². The van der Waals surface area contributed by atoms with E-state index in [4.69, 9.17) is 0 Å². The van der Waals surface area contributed by atoms with Gasteiger partial charge in [-0.2, -0.15) is 0 Å². The molecule has 0 radical (unpaired) electrons. The van der Waals surface area contributed by atoms with Crippen molar-refractivity contribution in [2.75, 3.05) is 19.7 Å². The first-order valence-electron chi connectivity index (χ1n) is 19.7. The Morgan fingerprint density at radius 1 is 0.535 bits per heavy atom. The lowest BCUT2D eigenvalue weighted by Gasteiger charge is -2.27. The number of rotatable bonds is 35. The molecule has 43 heavy (non-hydrogen) atoms. The number of amides is 1. The van der Waals surface area contributed by atoms with Gasteiger partial charge in [0, 0.05) is 19.5 Å². The van der Waals surface area contributed by atoms with Crippen LogP contribution in [0, 0.1) is 5.92 Å². The summed E-state index contributed by atoms with van der Waals surface area (Å²) in [5, 5.41) is 19.5. The van der Waals surface area contributed by atoms with Crippen LogP contribution in [0.25, 0.3) is 0 Å². The summed E-state index contributed by atoms with van der Waals surface area (Å²) in [5.74, 6) is 0.606. The summed E-state index contributed by atoms with van der Waals surface area (Å²) in [6, 6.07) is 0. The summed E-state index contributed by atoms with van der Waals surface area (Å²) in [4.78, 5) is 15.0. The van der Waals surface area contributed by atoms with Gasteiger partial charge >= 0.3 is 0 Å². The topological polar surface area (TPSA) is 60.8 Å². The molecular formula is C39H79NO3. The fraction of sp³-hybridized carbons (Fsp3) is 0.974. The van der Waals surface area contributed by atoms with E-state index in [9.17, 15) is 15.0 Å². The van der Waals surface area contributed by atoms with Crippen LogP contribution < -0.4 is 0 Å². The largest absolute Gasteiger partial charge is 0.394 e. The molecule has 0 fully saturated rings. The average molecular weight is 610 g/mol. The highest BCUT2D eigenvalue weighted by Crippen LogP contribution is 2.21. The molecule has 2 unspecified atom stereocenters. The van der Waals surface area contributed by atoms with Gasteiger partial charge in [-0.3, -0.25) is 4.79 Å². The second kappa shape index (κ2) is 34.3. The highest BCUT2D eigenvalue weighted by atomic mass is 16.3. The van der Waals surface area contributed by atoms with Gasteiger partial charge in [0.15, 0.2) is 0 Å². The van der Waals surface area contributed by atoms with Gasteiger partial charge in [-0.05, 0) is 18.8 Å². The summed E-state index contributed by atoms with van der Waals surface area (Å²) in [7, 11) is 0. The van der Waals surface area contributed by atoms with Crippen LogP contribution in [0.2, 0.25) is 0 Å². The molecule has 0 aliphatic heterocycles. The van der Waals surface area contributed by atoms with Gasteiger partial charge in [-0.15, -0.1) is 0 Å². The third kappa shape index (κ3) is 29.8. The van der Waals surface area contributed by atoms with Crippen LogP contribution in [0.5, 0.6) is 0 Å². The number of aliphatic hydroxyl groups excluding tert-OH is 2. The van der Waals surface area contributed by atoms with Crippen molar-refractivity contribution in [3.8, 4) is 0 Å². The molecule has 0 aromatic rings. The Bertz CT molecular complexity index is 555. The van der Waals surface area contributed by atoms with Crippen molar-refractivity contribution in [2.24, 2.45) is 5.92 Å². The van der Waals surface area contributed by atoms with Gasteiger partial charge in [-0.25, -0.2) is 0 Å². The molecule has 2 atom stereocenters. The summed E-state index contributed by atoms with van der Waals surface area (Å²) in [6.45, 7) is 7.47. The number of carbonyl (C=O) groups is 1. The van der Waals surface area contributed by atoms with E-state index in [1.807, 2.05) is 4.90 Å². The minimum absolute atomic E-state index is 0.170. The molecule has 4 nitrogen and oxygen atoms in total. The summed E-state index contributed by atoms with van der Waals surface area (Å²) in [6.07, 6.45) is 38.3. The highest BCUT2D eigenvalue weighted by molar-refractivity contribution is 5.76. The van der Waals surface area contributed by atoms with E-state index in [1.54, 1.807) is 0 Å². The van der Waals surface area contributed by atoms with Gasteiger partial charge in [0.1, 0.15) is 0 Å². The van der Waals surface area contributed by atoms with E-state index in [0.717, 1.165) is 25.7 Å². The van der Waals surface area contributed by atoms with Crippen LogP contribution in [0.3, 0.4) is 0 Å². The quantitative estimate of drug-likeness (QED) is 0.0703. The Morgan fingerprint density at radius 3 is 1.23 bits per heavy atom. The summed E-state index contributed by atoms with van der Waals surface area (Å²) < 4.78 is 0. The SMILES string of the molecule is CCCCCCCCCCCCCCCCN(CC(O)CO)C(=O)CC(CC)CCCCCCCCCCCCCCC. The first-order valence-corrected chi connectivity index (χ1v) is 19.7. The van der Waals surface area contributed by atoms with Crippen molar-refractivity contribution in [2.45, 2.75) is 219 Å². The molecule has 0 aliphatic rings. The van der Waals surface area contributed by atoms with Gasteiger partial charge in [0.05, 0.1) is 12.7 Å². The van der Waals surface area contributed by atoms with Crippen LogP contribution in [0.4, 0.5) is 0 Å². The lowest BCUT2D eigenvalue weighted by Crippen LogP contribution is -2.40. The van der Waals surface area contributed by atoms with Gasteiger partial charge in [0.25, 0.3) is 0 Å². The predicted octanol–water partition coefficient (Wildman–Crippen LogP) is 11.5. The van der Waals surface area contributed by atoms with E-state index >= 15 is 0 Å². The second-order valence-electron chi connectivity index (χ2n) is 13.8. The van der Waals surface area contributed by atoms with E-state index in [2.05, 4.69) is 20.8 Å². The maximum absolute atomic E-state index is 13.2. The molecular weight excluding hydrogens is 530 g/mol. The average Bonchev–Trinajstić information content (AvgIpc) is 3.01. The number of hydrogen-bond donors (Lipinski definition) is 2. The first-order chi connectivity index (χ1) is 21.1. The third-order valence-electron chi connectivity index (χ3n) is 9.53. The van der Waals surface area contributed by atoms with E-state index in [-0.39, 0.29) is 19.1 Å². The van der Waals surface area contributed by atoms with E-state index in [1.165, 1.54) is 161 Å². The normalized spacial score (nSPS) is 13.0. The smallest absolute Gasteiger partial charge is 0.222 e. The number of aliphatic hydroxyl groups is 2. The number of carbonyl (C=O) groups excluding carboxylic acids is 1. The Balaban J connectivity index is 3.99. The molecule has 0 saturated heterocycles. The zero-order valence-corrected chi connectivity index (χ0v) is 29.7. The fourth-order valence-electron chi connectivity index (χ4n) is 6.40. The maximum Gasteiger partial charge on any atom is 0.222 e. The van der Waals surface area contributed by atoms with Crippen LogP contribution in [-0.2, 0) is 4.79 Å². The van der Waals surface area contributed by atoms with Crippen molar-refractivity contribution in [3.05, 3.63) is 0 Å². The molecule has 0 rings (SSSR count). The van der Waals surface area contributed by atoms with Gasteiger partial charge in [0.2, 0.25) is 5.91 Å². The van der Waals surface area contributed by atoms with Crippen LogP contribution >= 0.6 is 0 Å². The zero-order valence-electron chi connectivity index (χ0n) is 29.7. The fourth-order valence-corrected chi connectivity index (χ4v) is 6.40. The number of nitrogens with zero attached hydrogens (tertiary/aromatic N) is 1. The molecule has 2 N–H and O–H groups in total. The van der Waals surface area contributed by atoms with Crippen LogP contribution in [0.1, 0.15) is 213 Å². The Kier molecular flexibility index (Phi) is 33.8. The molecule has 0 heterocycles.